The Labute approximate surface area is 234 Å². The zero-order valence-electron chi connectivity index (χ0n) is 22.8. The molecule has 0 saturated carbocycles. The summed E-state index contributed by atoms with van der Waals surface area (Å²) in [7, 11) is -4.24. The van der Waals surface area contributed by atoms with Crippen molar-refractivity contribution in [1.82, 2.24) is 10.2 Å². The van der Waals surface area contributed by atoms with Crippen molar-refractivity contribution in [2.75, 3.05) is 17.4 Å². The number of benzene rings is 3. The first-order valence-electron chi connectivity index (χ1n) is 13.0. The molecule has 0 aliphatic heterocycles. The molecule has 0 aliphatic rings. The number of sulfonamides is 1. The Morgan fingerprint density at radius 2 is 1.60 bits per heavy atom. The van der Waals surface area contributed by atoms with Crippen molar-refractivity contribution >= 4 is 33.2 Å². The molecule has 3 aromatic rings. The molecule has 40 heavy (non-hydrogen) atoms. The highest BCUT2D eigenvalue weighted by molar-refractivity contribution is 7.92. The normalized spacial score (nSPS) is 11.9. The van der Waals surface area contributed by atoms with E-state index in [1.165, 1.54) is 41.3 Å². The number of anilines is 1. The Bertz CT molecular complexity index is 1430. The number of non-ortho nitro benzene ring substituents is 1. The van der Waals surface area contributed by atoms with Gasteiger partial charge in [-0.1, -0.05) is 55.8 Å². The lowest BCUT2D eigenvalue weighted by molar-refractivity contribution is -0.384. The summed E-state index contributed by atoms with van der Waals surface area (Å²) in [5, 5.41) is 14.0. The molecule has 2 amide bonds. The molecule has 0 fully saturated rings. The Hall–Kier alpha value is -4.25. The number of nitro groups is 1. The number of rotatable bonds is 13. The molecular formula is C29H34N4O6S. The lowest BCUT2D eigenvalue weighted by atomic mass is 10.1. The molecule has 212 valence electrons. The number of carbonyl (C=O) groups is 2. The highest BCUT2D eigenvalue weighted by atomic mass is 32.2. The Balaban J connectivity index is 2.02. The van der Waals surface area contributed by atoms with Crippen LogP contribution in [0.1, 0.15) is 37.8 Å². The number of carbonyl (C=O) groups excluding carboxylic acids is 2. The van der Waals surface area contributed by atoms with Crippen molar-refractivity contribution in [2.45, 2.75) is 51.1 Å². The highest BCUT2D eigenvalue weighted by Crippen LogP contribution is 2.26. The largest absolute Gasteiger partial charge is 0.354 e. The number of nitrogens with one attached hydrogen (secondary N) is 1. The van der Waals surface area contributed by atoms with E-state index in [0.717, 1.165) is 28.3 Å². The highest BCUT2D eigenvalue weighted by Gasteiger charge is 2.32. The van der Waals surface area contributed by atoms with E-state index in [0.29, 0.717) is 6.54 Å². The van der Waals surface area contributed by atoms with E-state index in [-0.39, 0.29) is 28.7 Å². The van der Waals surface area contributed by atoms with E-state index in [9.17, 15) is 28.1 Å². The minimum absolute atomic E-state index is 0.0445. The van der Waals surface area contributed by atoms with Gasteiger partial charge in [-0.2, -0.15) is 0 Å². The maximum atomic E-state index is 13.9. The summed E-state index contributed by atoms with van der Waals surface area (Å²) in [5.74, 6) is -0.942. The monoisotopic (exact) mass is 566 g/mol. The summed E-state index contributed by atoms with van der Waals surface area (Å²) in [6.45, 7) is 5.44. The van der Waals surface area contributed by atoms with Gasteiger partial charge in [0.1, 0.15) is 12.6 Å². The SMILES string of the molecule is CCCCNC(=O)[C@@H](C)N(Cc1ccccc1C)C(=O)CN(c1ccc([N+](=O)[O-])cc1)S(=O)(=O)c1ccccc1. The summed E-state index contributed by atoms with van der Waals surface area (Å²) in [4.78, 5) is 38.8. The van der Waals surface area contributed by atoms with Gasteiger partial charge in [0.2, 0.25) is 11.8 Å². The van der Waals surface area contributed by atoms with Crippen LogP contribution in [0.4, 0.5) is 11.4 Å². The van der Waals surface area contributed by atoms with Crippen molar-refractivity contribution in [3.05, 3.63) is 100 Å². The molecule has 0 aliphatic carbocycles. The summed E-state index contributed by atoms with van der Waals surface area (Å²) in [5.41, 5.74) is 1.60. The minimum atomic E-state index is -4.24. The van der Waals surface area contributed by atoms with Gasteiger partial charge in [-0.25, -0.2) is 8.42 Å². The predicted octanol–water partition coefficient (Wildman–Crippen LogP) is 4.43. The molecule has 0 heterocycles. The third kappa shape index (κ3) is 7.44. The van der Waals surface area contributed by atoms with Crippen molar-refractivity contribution in [2.24, 2.45) is 0 Å². The van der Waals surface area contributed by atoms with Crippen LogP contribution >= 0.6 is 0 Å². The summed E-state index contributed by atoms with van der Waals surface area (Å²) in [6, 6.07) is 19.1. The number of amides is 2. The van der Waals surface area contributed by atoms with Gasteiger partial charge in [-0.05, 0) is 55.7 Å². The third-order valence-electron chi connectivity index (χ3n) is 6.56. The van der Waals surface area contributed by atoms with Gasteiger partial charge in [-0.3, -0.25) is 24.0 Å². The molecule has 3 rings (SSSR count). The van der Waals surface area contributed by atoms with Crippen LogP contribution in [0.5, 0.6) is 0 Å². The van der Waals surface area contributed by atoms with E-state index in [1.807, 2.05) is 38.1 Å². The second kappa shape index (κ2) is 13.7. The fraction of sp³-hybridized carbons (Fsp3) is 0.310. The molecule has 0 aromatic heterocycles. The van der Waals surface area contributed by atoms with Crippen LogP contribution in [-0.4, -0.2) is 49.2 Å². The number of nitro benzene ring substituents is 1. The minimum Gasteiger partial charge on any atom is -0.354 e. The molecule has 10 nitrogen and oxygen atoms in total. The second-order valence-electron chi connectivity index (χ2n) is 9.37. The average Bonchev–Trinajstić information content (AvgIpc) is 2.95. The topological polar surface area (TPSA) is 130 Å². The first-order valence-corrected chi connectivity index (χ1v) is 14.4. The van der Waals surface area contributed by atoms with Crippen LogP contribution in [0.15, 0.2) is 83.8 Å². The van der Waals surface area contributed by atoms with E-state index in [2.05, 4.69) is 5.32 Å². The first kappa shape index (κ1) is 30.3. The van der Waals surface area contributed by atoms with Crippen LogP contribution in [0, 0.1) is 17.0 Å². The maximum Gasteiger partial charge on any atom is 0.269 e. The van der Waals surface area contributed by atoms with Crippen LogP contribution in [0.2, 0.25) is 0 Å². The molecule has 3 aromatic carbocycles. The molecule has 0 spiro atoms. The first-order chi connectivity index (χ1) is 19.1. The Morgan fingerprint density at radius 3 is 2.20 bits per heavy atom. The zero-order chi connectivity index (χ0) is 29.3. The van der Waals surface area contributed by atoms with Crippen molar-refractivity contribution in [1.29, 1.82) is 0 Å². The number of hydrogen-bond donors (Lipinski definition) is 1. The average molecular weight is 567 g/mol. The molecule has 11 heteroatoms. The van der Waals surface area contributed by atoms with E-state index in [4.69, 9.17) is 0 Å². The lowest BCUT2D eigenvalue weighted by Gasteiger charge is -2.32. The summed E-state index contributed by atoms with van der Waals surface area (Å²) >= 11 is 0. The molecule has 1 atom stereocenters. The van der Waals surface area contributed by atoms with Gasteiger partial charge < -0.3 is 10.2 Å². The fourth-order valence-electron chi connectivity index (χ4n) is 4.08. The maximum absolute atomic E-state index is 13.9. The lowest BCUT2D eigenvalue weighted by Crippen LogP contribution is -2.51. The van der Waals surface area contributed by atoms with Gasteiger partial charge in [0, 0.05) is 25.2 Å². The molecule has 0 unspecified atom stereocenters. The van der Waals surface area contributed by atoms with Crippen LogP contribution in [0.3, 0.4) is 0 Å². The molecule has 0 saturated heterocycles. The molecule has 0 radical (unpaired) electrons. The second-order valence-corrected chi connectivity index (χ2v) is 11.2. The third-order valence-corrected chi connectivity index (χ3v) is 8.35. The predicted molar refractivity (Wildman–Crippen MR) is 153 cm³/mol. The molecule has 0 bridgehead atoms. The van der Waals surface area contributed by atoms with E-state index in [1.54, 1.807) is 25.1 Å². The Kier molecular flexibility index (Phi) is 10.4. The number of nitrogens with zero attached hydrogens (tertiary/aromatic N) is 3. The summed E-state index contributed by atoms with van der Waals surface area (Å²) in [6.07, 6.45) is 1.68. The molecular weight excluding hydrogens is 532 g/mol. The standard InChI is InChI=1S/C29H34N4O6S/c1-4-5-19-30-29(35)23(3)31(20-24-12-10-9-11-22(24)2)28(34)21-32(25-15-17-26(18-16-25)33(36)37)40(38,39)27-13-7-6-8-14-27/h6-18,23H,4-5,19-21H2,1-3H3,(H,30,35)/t23-/m1/s1. The van der Waals surface area contributed by atoms with Crippen molar-refractivity contribution in [3.8, 4) is 0 Å². The van der Waals surface area contributed by atoms with Gasteiger partial charge >= 0.3 is 0 Å². The van der Waals surface area contributed by atoms with Gasteiger partial charge in [0.25, 0.3) is 15.7 Å². The van der Waals surface area contributed by atoms with Crippen LogP contribution in [0.25, 0.3) is 0 Å². The summed E-state index contributed by atoms with van der Waals surface area (Å²) < 4.78 is 28.4. The van der Waals surface area contributed by atoms with Gasteiger partial charge in [0.15, 0.2) is 0 Å². The Morgan fingerprint density at radius 1 is 0.975 bits per heavy atom. The number of hydrogen-bond acceptors (Lipinski definition) is 6. The van der Waals surface area contributed by atoms with Gasteiger partial charge in [0.05, 0.1) is 15.5 Å². The van der Waals surface area contributed by atoms with Crippen molar-refractivity contribution < 1.29 is 22.9 Å². The van der Waals surface area contributed by atoms with Crippen LogP contribution in [-0.2, 0) is 26.2 Å². The fourth-order valence-corrected chi connectivity index (χ4v) is 5.51. The number of unbranched alkanes of at least 4 members (excludes halogenated alkanes) is 1. The van der Waals surface area contributed by atoms with E-state index >= 15 is 0 Å². The zero-order valence-corrected chi connectivity index (χ0v) is 23.6. The quantitative estimate of drug-likeness (QED) is 0.185. The smallest absolute Gasteiger partial charge is 0.269 e. The van der Waals surface area contributed by atoms with Gasteiger partial charge in [-0.15, -0.1) is 0 Å². The van der Waals surface area contributed by atoms with E-state index < -0.39 is 33.4 Å². The van der Waals surface area contributed by atoms with Crippen LogP contribution < -0.4 is 9.62 Å². The number of aryl methyl sites for hydroxylation is 1. The van der Waals surface area contributed by atoms with Crippen molar-refractivity contribution in [3.63, 3.8) is 0 Å². The molecule has 1 N–H and O–H groups in total.